The molecule has 0 aliphatic carbocycles. The maximum Gasteiger partial charge on any atom is 0.119 e. The van der Waals surface area contributed by atoms with E-state index in [1.807, 2.05) is 19.1 Å². The molecule has 0 amide bonds. The predicted octanol–water partition coefficient (Wildman–Crippen LogP) is 4.29. The third-order valence-electron chi connectivity index (χ3n) is 3.53. The van der Waals surface area contributed by atoms with E-state index in [0.29, 0.717) is 12.6 Å². The molecule has 1 atom stereocenters. The van der Waals surface area contributed by atoms with E-state index in [1.54, 1.807) is 0 Å². The molecule has 0 aliphatic heterocycles. The first-order chi connectivity index (χ1) is 10.2. The van der Waals surface area contributed by atoms with Crippen LogP contribution in [0.3, 0.4) is 0 Å². The first kappa shape index (κ1) is 15.6. The zero-order valence-electron chi connectivity index (χ0n) is 13.2. The van der Waals surface area contributed by atoms with Gasteiger partial charge in [-0.1, -0.05) is 43.3 Å². The van der Waals surface area contributed by atoms with Gasteiger partial charge in [-0.25, -0.2) is 0 Å². The van der Waals surface area contributed by atoms with Crippen LogP contribution in [0.25, 0.3) is 11.1 Å². The molecule has 2 aromatic rings. The second-order valence-electron chi connectivity index (χ2n) is 5.32. The maximum absolute atomic E-state index is 5.56. The van der Waals surface area contributed by atoms with Gasteiger partial charge in [0.25, 0.3) is 0 Å². The van der Waals surface area contributed by atoms with Crippen LogP contribution < -0.4 is 10.1 Å². The highest BCUT2D eigenvalue weighted by Crippen LogP contribution is 2.24. The minimum Gasteiger partial charge on any atom is -0.494 e. The van der Waals surface area contributed by atoms with Gasteiger partial charge >= 0.3 is 0 Å². The highest BCUT2D eigenvalue weighted by molar-refractivity contribution is 5.65. The van der Waals surface area contributed by atoms with Gasteiger partial charge in [0.05, 0.1) is 6.61 Å². The molecule has 0 heterocycles. The third-order valence-corrected chi connectivity index (χ3v) is 3.53. The van der Waals surface area contributed by atoms with E-state index < -0.39 is 0 Å². The summed E-state index contributed by atoms with van der Waals surface area (Å²) < 4.78 is 5.56. The van der Waals surface area contributed by atoms with E-state index in [1.165, 1.54) is 16.7 Å². The summed E-state index contributed by atoms with van der Waals surface area (Å²) in [6.07, 6.45) is 1.06. The first-order valence-electron chi connectivity index (χ1n) is 7.78. The number of nitrogens with one attached hydrogen (secondary N) is 1. The Morgan fingerprint density at radius 3 is 2.43 bits per heavy atom. The molecular weight excluding hydrogens is 258 g/mol. The predicted molar refractivity (Wildman–Crippen MR) is 89.9 cm³/mol. The Balaban J connectivity index is 2.09. The molecule has 2 aromatic carbocycles. The van der Waals surface area contributed by atoms with E-state index in [-0.39, 0.29) is 0 Å². The van der Waals surface area contributed by atoms with E-state index in [0.717, 1.165) is 18.7 Å². The highest BCUT2D eigenvalue weighted by atomic mass is 16.5. The molecule has 0 saturated carbocycles. The number of rotatable bonds is 7. The van der Waals surface area contributed by atoms with Crippen molar-refractivity contribution in [3.8, 4) is 16.9 Å². The van der Waals surface area contributed by atoms with Gasteiger partial charge in [-0.3, -0.25) is 0 Å². The second-order valence-corrected chi connectivity index (χ2v) is 5.32. The SMILES string of the molecule is CCNC(C)Cc1ccc(-c2cccc(OCC)c2)cc1. The minimum atomic E-state index is 0.516. The summed E-state index contributed by atoms with van der Waals surface area (Å²) in [6, 6.07) is 17.6. The van der Waals surface area contributed by atoms with Gasteiger partial charge < -0.3 is 10.1 Å². The Hall–Kier alpha value is -1.80. The minimum absolute atomic E-state index is 0.516. The average molecular weight is 283 g/mol. The van der Waals surface area contributed by atoms with Crippen molar-refractivity contribution in [2.75, 3.05) is 13.2 Å². The fraction of sp³-hybridized carbons (Fsp3) is 0.368. The molecular formula is C19H25NO. The Labute approximate surface area is 128 Å². The van der Waals surface area contributed by atoms with Crippen LogP contribution in [0, 0.1) is 0 Å². The summed E-state index contributed by atoms with van der Waals surface area (Å²) >= 11 is 0. The van der Waals surface area contributed by atoms with Crippen LogP contribution in [-0.2, 0) is 6.42 Å². The molecule has 0 aliphatic rings. The molecule has 2 heteroatoms. The van der Waals surface area contributed by atoms with E-state index >= 15 is 0 Å². The van der Waals surface area contributed by atoms with Crippen molar-refractivity contribution in [1.82, 2.24) is 5.32 Å². The van der Waals surface area contributed by atoms with E-state index in [2.05, 4.69) is 55.6 Å². The summed E-state index contributed by atoms with van der Waals surface area (Å²) in [7, 11) is 0. The van der Waals surface area contributed by atoms with Crippen molar-refractivity contribution in [2.45, 2.75) is 33.2 Å². The average Bonchev–Trinajstić information content (AvgIpc) is 2.49. The zero-order chi connectivity index (χ0) is 15.1. The number of benzene rings is 2. The summed E-state index contributed by atoms with van der Waals surface area (Å²) in [6.45, 7) is 8.09. The summed E-state index contributed by atoms with van der Waals surface area (Å²) in [5.41, 5.74) is 3.80. The lowest BCUT2D eigenvalue weighted by Gasteiger charge is -2.12. The summed E-state index contributed by atoms with van der Waals surface area (Å²) in [4.78, 5) is 0. The molecule has 0 bridgehead atoms. The summed E-state index contributed by atoms with van der Waals surface area (Å²) in [5, 5.41) is 3.45. The van der Waals surface area contributed by atoms with Crippen LogP contribution in [-0.4, -0.2) is 19.2 Å². The fourth-order valence-electron chi connectivity index (χ4n) is 2.54. The molecule has 0 aromatic heterocycles. The Morgan fingerprint density at radius 2 is 1.76 bits per heavy atom. The molecule has 1 N–H and O–H groups in total. The van der Waals surface area contributed by atoms with Gasteiger partial charge in [-0.2, -0.15) is 0 Å². The van der Waals surface area contributed by atoms with Crippen molar-refractivity contribution in [3.05, 3.63) is 54.1 Å². The second kappa shape index (κ2) is 7.84. The van der Waals surface area contributed by atoms with Crippen LogP contribution in [0.15, 0.2) is 48.5 Å². The quantitative estimate of drug-likeness (QED) is 0.818. The van der Waals surface area contributed by atoms with Gasteiger partial charge in [0, 0.05) is 6.04 Å². The molecule has 2 rings (SSSR count). The van der Waals surface area contributed by atoms with Gasteiger partial charge in [0.2, 0.25) is 0 Å². The number of ether oxygens (including phenoxy) is 1. The van der Waals surface area contributed by atoms with Crippen LogP contribution in [0.4, 0.5) is 0 Å². The Morgan fingerprint density at radius 1 is 1.00 bits per heavy atom. The monoisotopic (exact) mass is 283 g/mol. The summed E-state index contributed by atoms with van der Waals surface area (Å²) in [5.74, 6) is 0.930. The van der Waals surface area contributed by atoms with Crippen molar-refractivity contribution < 1.29 is 4.74 Å². The first-order valence-corrected chi connectivity index (χ1v) is 7.78. The topological polar surface area (TPSA) is 21.3 Å². The smallest absolute Gasteiger partial charge is 0.119 e. The number of hydrogen-bond donors (Lipinski definition) is 1. The van der Waals surface area contributed by atoms with Crippen LogP contribution >= 0.6 is 0 Å². The number of likely N-dealkylation sites (N-methyl/N-ethyl adjacent to an activating group) is 1. The highest BCUT2D eigenvalue weighted by Gasteiger charge is 2.03. The molecule has 0 saturated heterocycles. The lowest BCUT2D eigenvalue weighted by atomic mass is 10.0. The molecule has 21 heavy (non-hydrogen) atoms. The standard InChI is InChI=1S/C19H25NO/c1-4-20-15(3)13-16-9-11-17(12-10-16)18-7-6-8-19(14-18)21-5-2/h6-12,14-15,20H,4-5,13H2,1-3H3. The molecule has 2 nitrogen and oxygen atoms in total. The van der Waals surface area contributed by atoms with Gasteiger partial charge in [-0.05, 0) is 55.6 Å². The largest absolute Gasteiger partial charge is 0.494 e. The normalized spacial score (nSPS) is 12.1. The van der Waals surface area contributed by atoms with Gasteiger partial charge in [0.15, 0.2) is 0 Å². The fourth-order valence-corrected chi connectivity index (χ4v) is 2.54. The van der Waals surface area contributed by atoms with Crippen molar-refractivity contribution in [2.24, 2.45) is 0 Å². The Bertz CT molecular complexity index is 548. The molecule has 0 fully saturated rings. The van der Waals surface area contributed by atoms with Crippen LogP contribution in [0.5, 0.6) is 5.75 Å². The van der Waals surface area contributed by atoms with Gasteiger partial charge in [0.1, 0.15) is 5.75 Å². The van der Waals surface area contributed by atoms with Crippen molar-refractivity contribution in [3.63, 3.8) is 0 Å². The molecule has 0 radical (unpaired) electrons. The van der Waals surface area contributed by atoms with Gasteiger partial charge in [-0.15, -0.1) is 0 Å². The third kappa shape index (κ3) is 4.61. The van der Waals surface area contributed by atoms with Crippen LogP contribution in [0.1, 0.15) is 26.3 Å². The van der Waals surface area contributed by atoms with E-state index in [9.17, 15) is 0 Å². The van der Waals surface area contributed by atoms with Crippen molar-refractivity contribution >= 4 is 0 Å². The molecule has 0 spiro atoms. The van der Waals surface area contributed by atoms with Crippen molar-refractivity contribution in [1.29, 1.82) is 0 Å². The van der Waals surface area contributed by atoms with E-state index in [4.69, 9.17) is 4.74 Å². The Kier molecular flexibility index (Phi) is 5.82. The lowest BCUT2D eigenvalue weighted by Crippen LogP contribution is -2.27. The molecule has 112 valence electrons. The maximum atomic E-state index is 5.56. The number of hydrogen-bond acceptors (Lipinski definition) is 2. The lowest BCUT2D eigenvalue weighted by molar-refractivity contribution is 0.340. The molecule has 1 unspecified atom stereocenters. The van der Waals surface area contributed by atoms with Crippen LogP contribution in [0.2, 0.25) is 0 Å². The zero-order valence-corrected chi connectivity index (χ0v) is 13.2.